The Balaban J connectivity index is 0.000000211. The number of hydrogen-bond acceptors (Lipinski definition) is 8. The van der Waals surface area contributed by atoms with E-state index in [1.54, 1.807) is 24.8 Å². The largest absolute Gasteiger partial charge is 0.462 e. The maximum atomic E-state index is 11.1. The fourth-order valence-corrected chi connectivity index (χ4v) is 5.55. The third-order valence-electron chi connectivity index (χ3n) is 7.17. The molecule has 204 valence electrons. The summed E-state index contributed by atoms with van der Waals surface area (Å²) in [4.78, 5) is 30.3. The Morgan fingerprint density at radius 2 is 1.11 bits per heavy atom. The monoisotopic (exact) mass is 520 g/mol. The van der Waals surface area contributed by atoms with Crippen LogP contribution in [0.2, 0.25) is 0 Å². The molecule has 0 unspecified atom stereocenters. The third-order valence-corrected chi connectivity index (χ3v) is 7.17. The lowest BCUT2D eigenvalue weighted by atomic mass is 9.79. The molecule has 0 saturated carbocycles. The quantitative estimate of drug-likeness (QED) is 0.519. The minimum atomic E-state index is -0.219. The second-order valence-corrected chi connectivity index (χ2v) is 10.5. The SMILES string of the molecule is CC(=O)O[C@H]1[C@H](C)C=C(c2ccncc2N)C[C@@H]1C.CC(=O)O[C@H]1[C@H](C)CC(c2ccncc2N)=C[C@@H]1C. The Labute approximate surface area is 225 Å². The number of aromatic nitrogens is 2. The molecule has 0 spiro atoms. The molecule has 0 amide bonds. The van der Waals surface area contributed by atoms with Crippen LogP contribution in [0.4, 0.5) is 11.4 Å². The molecule has 0 radical (unpaired) electrons. The van der Waals surface area contributed by atoms with E-state index in [9.17, 15) is 9.59 Å². The van der Waals surface area contributed by atoms with E-state index in [0.717, 1.165) is 24.0 Å². The minimum absolute atomic E-state index is 0.0516. The molecule has 38 heavy (non-hydrogen) atoms. The van der Waals surface area contributed by atoms with E-state index >= 15 is 0 Å². The average Bonchev–Trinajstić information content (AvgIpc) is 2.84. The normalized spacial score (nSPS) is 26.7. The molecule has 8 heteroatoms. The minimum Gasteiger partial charge on any atom is -0.462 e. The van der Waals surface area contributed by atoms with Crippen molar-refractivity contribution in [2.45, 2.75) is 66.6 Å². The number of carbonyl (C=O) groups is 2. The zero-order valence-corrected chi connectivity index (χ0v) is 23.2. The van der Waals surface area contributed by atoms with Gasteiger partial charge < -0.3 is 20.9 Å². The van der Waals surface area contributed by atoms with Gasteiger partial charge in [0.05, 0.1) is 23.8 Å². The highest BCUT2D eigenvalue weighted by Crippen LogP contribution is 2.38. The van der Waals surface area contributed by atoms with Crippen LogP contribution in [0.25, 0.3) is 11.1 Å². The van der Waals surface area contributed by atoms with Crippen LogP contribution in [0.3, 0.4) is 0 Å². The molecular formula is C30H40N4O4. The maximum Gasteiger partial charge on any atom is 0.302 e. The lowest BCUT2D eigenvalue weighted by Gasteiger charge is -2.33. The van der Waals surface area contributed by atoms with Crippen LogP contribution in [-0.4, -0.2) is 34.1 Å². The first-order chi connectivity index (χ1) is 18.0. The molecule has 4 N–H and O–H groups in total. The molecule has 0 fully saturated rings. The van der Waals surface area contributed by atoms with Crippen molar-refractivity contribution in [2.75, 3.05) is 11.5 Å². The topological polar surface area (TPSA) is 130 Å². The summed E-state index contributed by atoms with van der Waals surface area (Å²) < 4.78 is 10.8. The van der Waals surface area contributed by atoms with Gasteiger partial charge in [-0.25, -0.2) is 0 Å². The van der Waals surface area contributed by atoms with Gasteiger partial charge >= 0.3 is 11.9 Å². The fraction of sp³-hybridized carbons (Fsp3) is 0.467. The predicted octanol–water partition coefficient (Wildman–Crippen LogP) is 5.31. The number of carbonyl (C=O) groups excluding carboxylic acids is 2. The second-order valence-electron chi connectivity index (χ2n) is 10.5. The van der Waals surface area contributed by atoms with Crippen molar-refractivity contribution in [2.24, 2.45) is 23.7 Å². The number of ether oxygens (including phenoxy) is 2. The zero-order chi connectivity index (χ0) is 28.0. The number of nitrogen functional groups attached to an aromatic ring is 2. The van der Waals surface area contributed by atoms with E-state index in [1.807, 2.05) is 12.1 Å². The van der Waals surface area contributed by atoms with Gasteiger partial charge in [-0.3, -0.25) is 19.6 Å². The van der Waals surface area contributed by atoms with E-state index in [1.165, 1.54) is 25.0 Å². The molecule has 0 bridgehead atoms. The predicted molar refractivity (Wildman–Crippen MR) is 150 cm³/mol. The summed E-state index contributed by atoms with van der Waals surface area (Å²) in [6.07, 6.45) is 12.8. The number of rotatable bonds is 4. The van der Waals surface area contributed by atoms with Gasteiger partial charge in [0, 0.05) is 49.2 Å². The Hall–Kier alpha value is -3.68. The van der Waals surface area contributed by atoms with Crippen LogP contribution in [0.15, 0.2) is 49.1 Å². The van der Waals surface area contributed by atoms with Crippen molar-refractivity contribution in [1.29, 1.82) is 0 Å². The number of hydrogen-bond donors (Lipinski definition) is 2. The van der Waals surface area contributed by atoms with Gasteiger partial charge in [-0.15, -0.1) is 0 Å². The van der Waals surface area contributed by atoms with Gasteiger partial charge in [-0.05, 0) is 48.0 Å². The van der Waals surface area contributed by atoms with Gasteiger partial charge in [0.15, 0.2) is 0 Å². The highest BCUT2D eigenvalue weighted by Gasteiger charge is 2.32. The molecule has 0 saturated heterocycles. The van der Waals surface area contributed by atoms with Crippen molar-refractivity contribution < 1.29 is 19.1 Å². The standard InChI is InChI=1S/2C15H20N2O2/c2*1-9-6-12(13-4-5-17-8-14(13)16)7-10(2)15(9)19-11(3)18/h2*4-6,8-10,15H,7,16H2,1-3H3/t2*9-,10+,15+/m10/s1. The molecule has 4 rings (SSSR count). The first-order valence-corrected chi connectivity index (χ1v) is 13.1. The summed E-state index contributed by atoms with van der Waals surface area (Å²) >= 11 is 0. The average molecular weight is 521 g/mol. The molecule has 2 aliphatic carbocycles. The van der Waals surface area contributed by atoms with Crippen molar-refractivity contribution in [1.82, 2.24) is 9.97 Å². The zero-order valence-electron chi connectivity index (χ0n) is 23.2. The van der Waals surface area contributed by atoms with Gasteiger partial charge in [0.25, 0.3) is 0 Å². The Morgan fingerprint density at radius 3 is 1.39 bits per heavy atom. The van der Waals surface area contributed by atoms with Crippen LogP contribution in [0, 0.1) is 23.7 Å². The molecule has 0 aliphatic heterocycles. The van der Waals surface area contributed by atoms with Crippen molar-refractivity contribution in [3.63, 3.8) is 0 Å². The molecule has 6 atom stereocenters. The number of anilines is 2. The Morgan fingerprint density at radius 1 is 0.737 bits per heavy atom. The number of nitrogens with zero attached hydrogens (tertiary/aromatic N) is 2. The summed E-state index contributed by atoms with van der Waals surface area (Å²) in [5.74, 6) is 0.510. The lowest BCUT2D eigenvalue weighted by molar-refractivity contribution is -0.152. The van der Waals surface area contributed by atoms with Crippen molar-refractivity contribution in [3.8, 4) is 0 Å². The second kappa shape index (κ2) is 12.7. The Bertz CT molecular complexity index is 1110. The number of esters is 2. The number of allylic oxidation sites excluding steroid dienone is 2. The van der Waals surface area contributed by atoms with Crippen LogP contribution in [-0.2, 0) is 19.1 Å². The first-order valence-electron chi connectivity index (χ1n) is 13.1. The summed E-state index contributed by atoms with van der Waals surface area (Å²) in [5, 5.41) is 0. The maximum absolute atomic E-state index is 11.1. The van der Waals surface area contributed by atoms with Crippen LogP contribution < -0.4 is 11.5 Å². The molecule has 2 heterocycles. The molecule has 0 aromatic carbocycles. The Kier molecular flexibility index (Phi) is 9.66. The van der Waals surface area contributed by atoms with E-state index in [2.05, 4.69) is 49.8 Å². The first kappa shape index (κ1) is 28.9. The van der Waals surface area contributed by atoms with Crippen LogP contribution in [0.5, 0.6) is 0 Å². The van der Waals surface area contributed by atoms with E-state index in [-0.39, 0.29) is 47.8 Å². The summed E-state index contributed by atoms with van der Waals surface area (Å²) in [5.41, 5.74) is 17.8. The van der Waals surface area contributed by atoms with Crippen molar-refractivity contribution in [3.05, 3.63) is 60.2 Å². The molecular weight excluding hydrogens is 480 g/mol. The van der Waals surface area contributed by atoms with E-state index in [4.69, 9.17) is 20.9 Å². The van der Waals surface area contributed by atoms with Gasteiger partial charge in [-0.1, -0.05) is 39.8 Å². The molecule has 2 aromatic rings. The van der Waals surface area contributed by atoms with Crippen LogP contribution >= 0.6 is 0 Å². The lowest BCUT2D eigenvalue weighted by Crippen LogP contribution is -2.33. The highest BCUT2D eigenvalue weighted by atomic mass is 16.5. The van der Waals surface area contributed by atoms with E-state index in [0.29, 0.717) is 11.4 Å². The van der Waals surface area contributed by atoms with Crippen LogP contribution in [0.1, 0.15) is 65.5 Å². The molecule has 2 aromatic heterocycles. The van der Waals surface area contributed by atoms with Gasteiger partial charge in [-0.2, -0.15) is 0 Å². The molecule has 8 nitrogen and oxygen atoms in total. The number of nitrogens with two attached hydrogens (primary N) is 2. The number of pyridine rings is 2. The highest BCUT2D eigenvalue weighted by molar-refractivity contribution is 5.76. The van der Waals surface area contributed by atoms with Crippen molar-refractivity contribution >= 4 is 34.5 Å². The molecule has 2 aliphatic rings. The van der Waals surface area contributed by atoms with Gasteiger partial charge in [0.2, 0.25) is 0 Å². The fourth-order valence-electron chi connectivity index (χ4n) is 5.55. The van der Waals surface area contributed by atoms with Gasteiger partial charge in [0.1, 0.15) is 12.2 Å². The van der Waals surface area contributed by atoms with E-state index < -0.39 is 0 Å². The third kappa shape index (κ3) is 7.21. The smallest absolute Gasteiger partial charge is 0.302 e. The summed E-state index contributed by atoms with van der Waals surface area (Å²) in [6, 6.07) is 3.87. The summed E-state index contributed by atoms with van der Waals surface area (Å²) in [6.45, 7) is 11.3. The summed E-state index contributed by atoms with van der Waals surface area (Å²) in [7, 11) is 0.